The Balaban J connectivity index is 1.70. The van der Waals surface area contributed by atoms with Gasteiger partial charge in [-0.2, -0.15) is 0 Å². The van der Waals surface area contributed by atoms with E-state index in [1.165, 1.54) is 35.6 Å². The summed E-state index contributed by atoms with van der Waals surface area (Å²) in [5.74, 6) is 0.0307. The molecule has 3 aromatic rings. The Hall–Kier alpha value is -2.07. The van der Waals surface area contributed by atoms with Crippen LogP contribution in [-0.4, -0.2) is 16.6 Å². The summed E-state index contributed by atoms with van der Waals surface area (Å²) in [6.45, 7) is 0. The van der Waals surface area contributed by atoms with E-state index in [9.17, 15) is 13.2 Å². The van der Waals surface area contributed by atoms with Gasteiger partial charge in [0.15, 0.2) is 0 Å². The molecule has 0 atom stereocenters. The predicted octanol–water partition coefficient (Wildman–Crippen LogP) is 5.20. The van der Waals surface area contributed by atoms with Gasteiger partial charge in [0.1, 0.15) is 10.6 Å². The summed E-state index contributed by atoms with van der Waals surface area (Å²) in [4.78, 5) is 0.791. The number of anilines is 2. The fourth-order valence-electron chi connectivity index (χ4n) is 1.68. The Morgan fingerprint density at radius 1 is 1.13 bits per heavy atom. The van der Waals surface area contributed by atoms with Crippen LogP contribution < -0.4 is 10.1 Å². The first-order valence-corrected chi connectivity index (χ1v) is 7.78. The van der Waals surface area contributed by atoms with Gasteiger partial charge in [-0.3, -0.25) is 0 Å². The van der Waals surface area contributed by atoms with Crippen molar-refractivity contribution >= 4 is 39.0 Å². The number of rotatable bonds is 4. The summed E-state index contributed by atoms with van der Waals surface area (Å²) in [5.41, 5.74) is 0.486. The first kappa shape index (κ1) is 15.8. The fourth-order valence-corrected chi connectivity index (χ4v) is 3.14. The van der Waals surface area contributed by atoms with Crippen molar-refractivity contribution in [2.45, 2.75) is 6.36 Å². The molecule has 0 aliphatic rings. The van der Waals surface area contributed by atoms with Crippen LogP contribution in [0.5, 0.6) is 5.75 Å². The highest BCUT2D eigenvalue weighted by Crippen LogP contribution is 2.33. The smallest absolute Gasteiger partial charge is 0.406 e. The lowest BCUT2D eigenvalue weighted by Crippen LogP contribution is -2.16. The van der Waals surface area contributed by atoms with Gasteiger partial charge < -0.3 is 14.5 Å². The molecular weight excluding hydrogens is 399 g/mol. The van der Waals surface area contributed by atoms with Crippen molar-refractivity contribution in [2.75, 3.05) is 5.32 Å². The van der Waals surface area contributed by atoms with Crippen LogP contribution >= 0.6 is 27.3 Å². The molecule has 23 heavy (non-hydrogen) atoms. The maximum absolute atomic E-state index is 12.1. The second-order valence-electron chi connectivity index (χ2n) is 4.21. The number of nitrogens with zero attached hydrogens (tertiary/aromatic N) is 2. The SMILES string of the molecule is FC(F)(F)Oc1ccc(Nc2nnc(-c3sccc3Br)o2)cc1. The fraction of sp³-hybridized carbons (Fsp3) is 0.0769. The lowest BCUT2D eigenvalue weighted by Gasteiger charge is -2.09. The minimum atomic E-state index is -4.72. The molecule has 10 heteroatoms. The number of nitrogens with one attached hydrogen (secondary N) is 1. The number of aromatic nitrogens is 2. The average molecular weight is 406 g/mol. The average Bonchev–Trinajstić information content (AvgIpc) is 3.08. The van der Waals surface area contributed by atoms with E-state index in [1.807, 2.05) is 11.4 Å². The number of alkyl halides is 3. The monoisotopic (exact) mass is 405 g/mol. The van der Waals surface area contributed by atoms with E-state index in [2.05, 4.69) is 36.2 Å². The van der Waals surface area contributed by atoms with Crippen molar-refractivity contribution in [1.29, 1.82) is 0 Å². The van der Waals surface area contributed by atoms with Crippen molar-refractivity contribution in [3.63, 3.8) is 0 Å². The highest BCUT2D eigenvalue weighted by Gasteiger charge is 2.30. The zero-order valence-electron chi connectivity index (χ0n) is 11.1. The second kappa shape index (κ2) is 6.20. The Kier molecular flexibility index (Phi) is 4.26. The van der Waals surface area contributed by atoms with Gasteiger partial charge in [0, 0.05) is 10.2 Å². The molecule has 0 unspecified atom stereocenters. The maximum Gasteiger partial charge on any atom is 0.573 e. The van der Waals surface area contributed by atoms with Crippen molar-refractivity contribution < 1.29 is 22.3 Å². The van der Waals surface area contributed by atoms with Crippen LogP contribution in [0.1, 0.15) is 0 Å². The molecule has 0 bridgehead atoms. The van der Waals surface area contributed by atoms with Crippen LogP contribution in [0.15, 0.2) is 44.6 Å². The number of hydrogen-bond donors (Lipinski definition) is 1. The van der Waals surface area contributed by atoms with E-state index in [1.54, 1.807) is 0 Å². The third-order valence-corrected chi connectivity index (χ3v) is 4.40. The van der Waals surface area contributed by atoms with Crippen LogP contribution in [0.4, 0.5) is 24.9 Å². The quantitative estimate of drug-likeness (QED) is 0.645. The van der Waals surface area contributed by atoms with Gasteiger partial charge in [-0.15, -0.1) is 29.6 Å². The summed E-state index contributed by atoms with van der Waals surface area (Å²) >= 11 is 4.80. The van der Waals surface area contributed by atoms with E-state index in [4.69, 9.17) is 4.42 Å². The lowest BCUT2D eigenvalue weighted by atomic mass is 10.3. The predicted molar refractivity (Wildman–Crippen MR) is 81.7 cm³/mol. The van der Waals surface area contributed by atoms with E-state index in [-0.39, 0.29) is 11.8 Å². The largest absolute Gasteiger partial charge is 0.573 e. The number of ether oxygens (including phenoxy) is 1. The van der Waals surface area contributed by atoms with Gasteiger partial charge in [-0.05, 0) is 51.6 Å². The van der Waals surface area contributed by atoms with E-state index >= 15 is 0 Å². The van der Waals surface area contributed by atoms with Crippen LogP contribution in [0.25, 0.3) is 10.8 Å². The highest BCUT2D eigenvalue weighted by atomic mass is 79.9. The van der Waals surface area contributed by atoms with Crippen LogP contribution in [-0.2, 0) is 0 Å². The van der Waals surface area contributed by atoms with E-state index in [0.717, 1.165) is 9.35 Å². The Bertz CT molecular complexity index is 801. The standard InChI is InChI=1S/C13H7BrF3N3O2S/c14-9-5-6-23-10(9)11-19-20-12(21-11)18-7-1-3-8(4-2-7)22-13(15,16)17/h1-6H,(H,18,20). The van der Waals surface area contributed by atoms with Crippen LogP contribution in [0.2, 0.25) is 0 Å². The maximum atomic E-state index is 12.1. The Morgan fingerprint density at radius 3 is 2.48 bits per heavy atom. The topological polar surface area (TPSA) is 60.2 Å². The Morgan fingerprint density at radius 2 is 1.87 bits per heavy atom. The highest BCUT2D eigenvalue weighted by molar-refractivity contribution is 9.10. The molecule has 0 radical (unpaired) electrons. The van der Waals surface area contributed by atoms with Gasteiger partial charge in [-0.1, -0.05) is 5.10 Å². The molecule has 2 heterocycles. The third-order valence-electron chi connectivity index (χ3n) is 2.58. The van der Waals surface area contributed by atoms with Crippen molar-refractivity contribution in [1.82, 2.24) is 10.2 Å². The molecule has 5 nitrogen and oxygen atoms in total. The van der Waals surface area contributed by atoms with Crippen molar-refractivity contribution in [2.24, 2.45) is 0 Å². The van der Waals surface area contributed by atoms with Gasteiger partial charge in [0.05, 0.1) is 0 Å². The van der Waals surface area contributed by atoms with Gasteiger partial charge in [0.25, 0.3) is 5.89 Å². The molecule has 0 aliphatic carbocycles. The molecule has 0 amide bonds. The van der Waals surface area contributed by atoms with Crippen molar-refractivity contribution in [3.8, 4) is 16.5 Å². The number of halogens is 4. The minimum Gasteiger partial charge on any atom is -0.406 e. The molecule has 0 saturated heterocycles. The second-order valence-corrected chi connectivity index (χ2v) is 5.98. The molecular formula is C13H7BrF3N3O2S. The number of thiophene rings is 1. The summed E-state index contributed by atoms with van der Waals surface area (Å²) in [5, 5.41) is 12.4. The summed E-state index contributed by atoms with van der Waals surface area (Å²) < 4.78 is 46.3. The summed E-state index contributed by atoms with van der Waals surface area (Å²) in [7, 11) is 0. The van der Waals surface area contributed by atoms with Gasteiger partial charge in [0.2, 0.25) is 0 Å². The zero-order valence-corrected chi connectivity index (χ0v) is 13.5. The number of hydrogen-bond acceptors (Lipinski definition) is 6. The first-order valence-electron chi connectivity index (χ1n) is 6.10. The Labute approximate surface area is 140 Å². The molecule has 0 fully saturated rings. The molecule has 0 saturated carbocycles. The molecule has 0 spiro atoms. The molecule has 0 aliphatic heterocycles. The molecule has 3 rings (SSSR count). The zero-order chi connectivity index (χ0) is 16.4. The van der Waals surface area contributed by atoms with Crippen LogP contribution in [0.3, 0.4) is 0 Å². The van der Waals surface area contributed by atoms with E-state index < -0.39 is 6.36 Å². The normalized spacial score (nSPS) is 11.5. The van der Waals surface area contributed by atoms with Gasteiger partial charge >= 0.3 is 12.4 Å². The minimum absolute atomic E-state index is 0.129. The number of benzene rings is 1. The van der Waals surface area contributed by atoms with Crippen LogP contribution in [0, 0.1) is 0 Å². The molecule has 120 valence electrons. The van der Waals surface area contributed by atoms with E-state index in [0.29, 0.717) is 11.6 Å². The summed E-state index contributed by atoms with van der Waals surface area (Å²) in [6.07, 6.45) is -4.72. The molecule has 2 aromatic heterocycles. The van der Waals surface area contributed by atoms with Gasteiger partial charge in [-0.25, -0.2) is 0 Å². The third kappa shape index (κ3) is 4.02. The first-order chi connectivity index (χ1) is 10.9. The van der Waals surface area contributed by atoms with Crippen molar-refractivity contribution in [3.05, 3.63) is 40.2 Å². The molecule has 1 N–H and O–H groups in total. The lowest BCUT2D eigenvalue weighted by molar-refractivity contribution is -0.274. The summed E-state index contributed by atoms with van der Waals surface area (Å²) in [6, 6.07) is 7.17. The molecule has 1 aromatic carbocycles.